The Hall–Kier alpha value is -0.420. The summed E-state index contributed by atoms with van der Waals surface area (Å²) in [4.78, 5) is 15.7. The van der Waals surface area contributed by atoms with Gasteiger partial charge in [0.25, 0.3) is 0 Å². The lowest BCUT2D eigenvalue weighted by atomic mass is 9.86. The highest BCUT2D eigenvalue weighted by molar-refractivity contribution is 9.11. The molecule has 1 aromatic heterocycles. The van der Waals surface area contributed by atoms with Crippen LogP contribution in [-0.2, 0) is 0 Å². The zero-order chi connectivity index (χ0) is 10.8. The van der Waals surface area contributed by atoms with Crippen molar-refractivity contribution in [2.24, 2.45) is 0 Å². The molecule has 0 radical (unpaired) electrons. The molecular formula is C10H12BrNO2S. The van der Waals surface area contributed by atoms with E-state index >= 15 is 0 Å². The Labute approximate surface area is 101 Å². The topological polar surface area (TPSA) is 50.2 Å². The molecule has 1 N–H and O–H groups in total. The maximum atomic E-state index is 11.0. The molecule has 0 aromatic carbocycles. The summed E-state index contributed by atoms with van der Waals surface area (Å²) in [5.41, 5.74) is 0.791. The van der Waals surface area contributed by atoms with Gasteiger partial charge in [0.1, 0.15) is 4.88 Å². The molecule has 1 heterocycles. The zero-order valence-corrected chi connectivity index (χ0v) is 10.6. The summed E-state index contributed by atoms with van der Waals surface area (Å²) in [5, 5.41) is 9.06. The third-order valence-electron chi connectivity index (χ3n) is 2.81. The van der Waals surface area contributed by atoms with Gasteiger partial charge in [0, 0.05) is 5.92 Å². The summed E-state index contributed by atoms with van der Waals surface area (Å²) in [6, 6.07) is 0. The van der Waals surface area contributed by atoms with E-state index < -0.39 is 5.97 Å². The first-order valence-electron chi connectivity index (χ1n) is 5.08. The average Bonchev–Trinajstić information content (AvgIpc) is 2.62. The van der Waals surface area contributed by atoms with Gasteiger partial charge in [-0.3, -0.25) is 0 Å². The molecule has 0 aliphatic heterocycles. The summed E-state index contributed by atoms with van der Waals surface area (Å²) >= 11 is 4.48. The normalized spacial score (nSPS) is 17.9. The first-order valence-corrected chi connectivity index (χ1v) is 6.69. The molecule has 1 saturated carbocycles. The van der Waals surface area contributed by atoms with Crippen molar-refractivity contribution in [3.63, 3.8) is 0 Å². The Kier molecular flexibility index (Phi) is 3.41. The van der Waals surface area contributed by atoms with Crippen LogP contribution in [0.2, 0.25) is 0 Å². The SMILES string of the molecule is O=C(O)c1sc(Br)nc1C1CCCCC1. The molecule has 82 valence electrons. The Morgan fingerprint density at radius 3 is 2.67 bits per heavy atom. The highest BCUT2D eigenvalue weighted by Crippen LogP contribution is 2.37. The number of carboxylic acid groups (broad SMARTS) is 1. The number of hydrogen-bond acceptors (Lipinski definition) is 3. The highest BCUT2D eigenvalue weighted by Gasteiger charge is 2.25. The fourth-order valence-corrected chi connectivity index (χ4v) is 3.50. The number of aromatic carboxylic acids is 1. The van der Waals surface area contributed by atoms with E-state index in [0.717, 1.165) is 18.5 Å². The maximum absolute atomic E-state index is 11.0. The van der Waals surface area contributed by atoms with Gasteiger partial charge in [-0.15, -0.1) is 0 Å². The lowest BCUT2D eigenvalue weighted by Crippen LogP contribution is -2.09. The Morgan fingerprint density at radius 2 is 2.07 bits per heavy atom. The molecule has 2 rings (SSSR count). The van der Waals surface area contributed by atoms with E-state index in [0.29, 0.717) is 14.7 Å². The first kappa shape index (κ1) is 11.1. The van der Waals surface area contributed by atoms with E-state index in [4.69, 9.17) is 5.11 Å². The van der Waals surface area contributed by atoms with Crippen LogP contribution in [0.3, 0.4) is 0 Å². The first-order chi connectivity index (χ1) is 7.18. The molecule has 3 nitrogen and oxygen atoms in total. The molecule has 5 heteroatoms. The van der Waals surface area contributed by atoms with Gasteiger partial charge < -0.3 is 5.11 Å². The fourth-order valence-electron chi connectivity index (χ4n) is 2.11. The predicted octanol–water partition coefficient (Wildman–Crippen LogP) is 3.65. The fraction of sp³-hybridized carbons (Fsp3) is 0.600. The third-order valence-corrected chi connectivity index (χ3v) is 4.32. The van der Waals surface area contributed by atoms with E-state index in [-0.39, 0.29) is 0 Å². The molecule has 15 heavy (non-hydrogen) atoms. The maximum Gasteiger partial charge on any atom is 0.347 e. The number of carboxylic acids is 1. The molecular weight excluding hydrogens is 278 g/mol. The smallest absolute Gasteiger partial charge is 0.347 e. The number of aromatic nitrogens is 1. The van der Waals surface area contributed by atoms with Crippen LogP contribution in [0.25, 0.3) is 0 Å². The monoisotopic (exact) mass is 289 g/mol. The molecule has 1 aliphatic rings. The number of thiazole rings is 1. The predicted molar refractivity (Wildman–Crippen MR) is 62.6 cm³/mol. The zero-order valence-electron chi connectivity index (χ0n) is 8.20. The van der Waals surface area contributed by atoms with Gasteiger partial charge in [0.15, 0.2) is 3.92 Å². The molecule has 0 amide bonds. The summed E-state index contributed by atoms with van der Waals surface area (Å²) in [6.45, 7) is 0. The van der Waals surface area contributed by atoms with Gasteiger partial charge in [-0.1, -0.05) is 30.6 Å². The van der Waals surface area contributed by atoms with Crippen molar-refractivity contribution in [1.82, 2.24) is 4.98 Å². The van der Waals surface area contributed by atoms with Crippen molar-refractivity contribution < 1.29 is 9.90 Å². The Balaban J connectivity index is 2.28. The van der Waals surface area contributed by atoms with Crippen LogP contribution >= 0.6 is 27.3 Å². The average molecular weight is 290 g/mol. The number of halogens is 1. The summed E-state index contributed by atoms with van der Waals surface area (Å²) in [6.07, 6.45) is 5.81. The minimum Gasteiger partial charge on any atom is -0.477 e. The largest absolute Gasteiger partial charge is 0.477 e. The minimum absolute atomic E-state index is 0.354. The van der Waals surface area contributed by atoms with Crippen LogP contribution in [0, 0.1) is 0 Å². The van der Waals surface area contributed by atoms with E-state index in [9.17, 15) is 4.79 Å². The van der Waals surface area contributed by atoms with Gasteiger partial charge in [0.2, 0.25) is 0 Å². The number of nitrogens with zero attached hydrogens (tertiary/aromatic N) is 1. The van der Waals surface area contributed by atoms with Gasteiger partial charge in [-0.25, -0.2) is 9.78 Å². The van der Waals surface area contributed by atoms with Crippen molar-refractivity contribution in [2.75, 3.05) is 0 Å². The van der Waals surface area contributed by atoms with E-state index in [1.807, 2.05) is 0 Å². The molecule has 1 fully saturated rings. The van der Waals surface area contributed by atoms with Gasteiger partial charge in [0.05, 0.1) is 5.69 Å². The number of rotatable bonds is 2. The van der Waals surface area contributed by atoms with E-state index in [2.05, 4.69) is 20.9 Å². The summed E-state index contributed by atoms with van der Waals surface area (Å²) < 4.78 is 0.681. The molecule has 0 unspecified atom stereocenters. The summed E-state index contributed by atoms with van der Waals surface area (Å²) in [7, 11) is 0. The second-order valence-corrected chi connectivity index (χ2v) is 6.10. The van der Waals surface area contributed by atoms with E-state index in [1.165, 1.54) is 30.6 Å². The van der Waals surface area contributed by atoms with Crippen LogP contribution in [0.5, 0.6) is 0 Å². The molecule has 0 atom stereocenters. The van der Waals surface area contributed by atoms with Crippen LogP contribution in [0.15, 0.2) is 3.92 Å². The second kappa shape index (κ2) is 4.61. The molecule has 0 bridgehead atoms. The van der Waals surface area contributed by atoms with Crippen molar-refractivity contribution >= 4 is 33.2 Å². The van der Waals surface area contributed by atoms with Gasteiger partial charge >= 0.3 is 5.97 Å². The minimum atomic E-state index is -0.848. The Morgan fingerprint density at radius 1 is 1.40 bits per heavy atom. The molecule has 1 aliphatic carbocycles. The van der Waals surface area contributed by atoms with Crippen molar-refractivity contribution in [3.8, 4) is 0 Å². The lowest BCUT2D eigenvalue weighted by Gasteiger charge is -2.20. The standard InChI is InChI=1S/C10H12BrNO2S/c11-10-12-7(8(15-10)9(13)14)6-4-2-1-3-5-6/h6H,1-5H2,(H,13,14). The van der Waals surface area contributed by atoms with Gasteiger partial charge in [-0.05, 0) is 28.8 Å². The van der Waals surface area contributed by atoms with Crippen LogP contribution in [-0.4, -0.2) is 16.1 Å². The molecule has 0 spiro atoms. The number of hydrogen-bond donors (Lipinski definition) is 1. The Bertz CT molecular complexity index is 371. The van der Waals surface area contributed by atoms with Crippen LogP contribution in [0.4, 0.5) is 0 Å². The highest BCUT2D eigenvalue weighted by atomic mass is 79.9. The summed E-state index contributed by atoms with van der Waals surface area (Å²) in [5.74, 6) is -0.494. The number of carbonyl (C=O) groups is 1. The third kappa shape index (κ3) is 2.39. The van der Waals surface area contributed by atoms with Gasteiger partial charge in [-0.2, -0.15) is 0 Å². The lowest BCUT2D eigenvalue weighted by molar-refractivity contribution is 0.0700. The van der Waals surface area contributed by atoms with Crippen molar-refractivity contribution in [2.45, 2.75) is 38.0 Å². The second-order valence-electron chi connectivity index (χ2n) is 3.82. The van der Waals surface area contributed by atoms with E-state index in [1.54, 1.807) is 0 Å². The van der Waals surface area contributed by atoms with Crippen LogP contribution in [0.1, 0.15) is 53.4 Å². The van der Waals surface area contributed by atoms with Crippen LogP contribution < -0.4 is 0 Å². The molecule has 0 saturated heterocycles. The molecule has 1 aromatic rings. The van der Waals surface area contributed by atoms with Crippen molar-refractivity contribution in [1.29, 1.82) is 0 Å². The quantitative estimate of drug-likeness (QED) is 0.904. The van der Waals surface area contributed by atoms with Crippen molar-refractivity contribution in [3.05, 3.63) is 14.5 Å².